The van der Waals surface area contributed by atoms with Crippen molar-refractivity contribution in [2.75, 3.05) is 33.0 Å². The van der Waals surface area contributed by atoms with Crippen LogP contribution >= 0.6 is 0 Å². The first-order valence-electron chi connectivity index (χ1n) is 9.82. The Morgan fingerprint density at radius 3 is 2.44 bits per heavy atom. The van der Waals surface area contributed by atoms with Gasteiger partial charge < -0.3 is 33.7 Å². The zero-order valence-electron chi connectivity index (χ0n) is 17.6. The van der Waals surface area contributed by atoms with Gasteiger partial charge in [-0.25, -0.2) is 0 Å². The van der Waals surface area contributed by atoms with E-state index in [1.165, 1.54) is 0 Å². The maximum absolute atomic E-state index is 12.1. The largest absolute Gasteiger partial charge is 0.481 e. The number of rotatable bonds is 14. The predicted molar refractivity (Wildman–Crippen MR) is 99.1 cm³/mol. The summed E-state index contributed by atoms with van der Waals surface area (Å²) >= 11 is 0. The summed E-state index contributed by atoms with van der Waals surface area (Å²) in [6, 6.07) is 0. The topological polar surface area (TPSA) is 196 Å². The number of aliphatic carboxylic acids is 1. The minimum Gasteiger partial charge on any atom is -0.481 e. The fraction of sp³-hybridized carbons (Fsp3) is 0.882. The van der Waals surface area contributed by atoms with E-state index in [1.54, 1.807) is 13.8 Å². The number of fused-ring (bicyclic) bond motifs is 1. The lowest BCUT2D eigenvalue weighted by molar-refractivity contribution is -0.790. The average molecular weight is 466 g/mol. The number of carbonyl (C=O) groups excluding carboxylic acids is 1. The van der Waals surface area contributed by atoms with Crippen LogP contribution in [0.2, 0.25) is 0 Å². The third-order valence-electron chi connectivity index (χ3n) is 5.10. The Bertz CT molecular complexity index is 700. The van der Waals surface area contributed by atoms with Gasteiger partial charge in [0.2, 0.25) is 0 Å². The molecule has 5 atom stereocenters. The molecule has 2 unspecified atom stereocenters. The molecule has 0 radical (unpaired) electrons. The maximum Gasteiger partial charge on any atom is 0.309 e. The Hall–Kier alpha value is -2.78. The van der Waals surface area contributed by atoms with Gasteiger partial charge in [0.1, 0.15) is 12.7 Å². The molecule has 2 fully saturated rings. The SMILES string of the molecule is CC(C)(CC1CO[C@@H]2[C@@H]1OC[C@H]2OC(=O)CCOCC(CO[N+](=O)[O-])O[N+](=O)[O-])C(=O)O. The van der Waals surface area contributed by atoms with Crippen LogP contribution in [0.15, 0.2) is 0 Å². The molecule has 2 saturated heterocycles. The van der Waals surface area contributed by atoms with Crippen molar-refractivity contribution in [1.29, 1.82) is 0 Å². The number of hydrogen-bond acceptors (Lipinski definition) is 12. The van der Waals surface area contributed by atoms with Gasteiger partial charge >= 0.3 is 11.9 Å². The monoisotopic (exact) mass is 466 g/mol. The summed E-state index contributed by atoms with van der Waals surface area (Å²) in [5, 5.41) is 27.6. The number of nitrogens with zero attached hydrogens (tertiary/aromatic N) is 2. The molecule has 0 spiro atoms. The van der Waals surface area contributed by atoms with Gasteiger partial charge in [-0.2, -0.15) is 0 Å². The van der Waals surface area contributed by atoms with Crippen LogP contribution < -0.4 is 0 Å². The molecule has 0 aromatic rings. The molecule has 2 aliphatic heterocycles. The van der Waals surface area contributed by atoms with E-state index < -0.39 is 59.1 Å². The average Bonchev–Trinajstić information content (AvgIpc) is 3.26. The quantitative estimate of drug-likeness (QED) is 0.156. The van der Waals surface area contributed by atoms with E-state index in [1.807, 2.05) is 0 Å². The molecule has 0 saturated carbocycles. The van der Waals surface area contributed by atoms with Gasteiger partial charge in [-0.1, -0.05) is 0 Å². The van der Waals surface area contributed by atoms with Gasteiger partial charge in [-0.05, 0) is 20.3 Å². The van der Waals surface area contributed by atoms with Crippen molar-refractivity contribution in [2.45, 2.75) is 51.1 Å². The van der Waals surface area contributed by atoms with E-state index in [2.05, 4.69) is 9.68 Å². The summed E-state index contributed by atoms with van der Waals surface area (Å²) < 4.78 is 21.8. The van der Waals surface area contributed by atoms with E-state index in [9.17, 15) is 34.9 Å². The van der Waals surface area contributed by atoms with Gasteiger partial charge in [0.05, 0.1) is 44.4 Å². The molecular formula is C17H26N2O13. The standard InChI is InChI=1S/C17H26N2O13/c1-17(2,16(21)22)5-10-6-28-15-12(9-29-14(10)15)31-13(20)3-4-27-7-11(32-19(25)26)8-30-18(23)24/h10-12,14-15H,3-9H2,1-2H3,(H,21,22)/t10?,11?,12-,14-,15+/m1/s1. The molecule has 0 aromatic heterocycles. The van der Waals surface area contributed by atoms with Crippen molar-refractivity contribution >= 4 is 11.9 Å². The molecule has 15 heteroatoms. The third-order valence-corrected chi connectivity index (χ3v) is 5.10. The fourth-order valence-corrected chi connectivity index (χ4v) is 3.53. The molecule has 32 heavy (non-hydrogen) atoms. The Balaban J connectivity index is 1.72. The van der Waals surface area contributed by atoms with Crippen LogP contribution in [0.5, 0.6) is 0 Å². The van der Waals surface area contributed by atoms with Crippen LogP contribution in [0.4, 0.5) is 0 Å². The first-order chi connectivity index (χ1) is 15.0. The van der Waals surface area contributed by atoms with Crippen molar-refractivity contribution in [1.82, 2.24) is 0 Å². The van der Waals surface area contributed by atoms with Crippen LogP contribution in [-0.4, -0.2) is 84.7 Å². The van der Waals surface area contributed by atoms with Crippen molar-refractivity contribution in [3.05, 3.63) is 20.2 Å². The number of carbonyl (C=O) groups is 2. The third kappa shape index (κ3) is 7.42. The lowest BCUT2D eigenvalue weighted by atomic mass is 9.81. The van der Waals surface area contributed by atoms with Crippen LogP contribution in [0.25, 0.3) is 0 Å². The Morgan fingerprint density at radius 2 is 1.81 bits per heavy atom. The van der Waals surface area contributed by atoms with Crippen LogP contribution in [0.3, 0.4) is 0 Å². The zero-order chi connectivity index (χ0) is 23.9. The summed E-state index contributed by atoms with van der Waals surface area (Å²) in [6.07, 6.45) is -2.69. The number of esters is 1. The maximum atomic E-state index is 12.1. The lowest BCUT2D eigenvalue weighted by Crippen LogP contribution is -2.35. The summed E-state index contributed by atoms with van der Waals surface area (Å²) in [4.78, 5) is 52.2. The molecule has 2 heterocycles. The highest BCUT2D eigenvalue weighted by Crippen LogP contribution is 2.39. The van der Waals surface area contributed by atoms with E-state index in [-0.39, 0.29) is 31.7 Å². The molecule has 1 N–H and O–H groups in total. The first kappa shape index (κ1) is 25.5. The molecule has 15 nitrogen and oxygen atoms in total. The molecular weight excluding hydrogens is 440 g/mol. The van der Waals surface area contributed by atoms with E-state index >= 15 is 0 Å². The van der Waals surface area contributed by atoms with E-state index in [0.29, 0.717) is 13.0 Å². The van der Waals surface area contributed by atoms with Gasteiger partial charge in [0.15, 0.2) is 12.2 Å². The minimum atomic E-state index is -1.34. The molecule has 0 aliphatic carbocycles. The van der Waals surface area contributed by atoms with Crippen molar-refractivity contribution in [3.63, 3.8) is 0 Å². The van der Waals surface area contributed by atoms with Gasteiger partial charge in [0, 0.05) is 5.92 Å². The highest BCUT2D eigenvalue weighted by atomic mass is 17.0. The molecule has 182 valence electrons. The van der Waals surface area contributed by atoms with Crippen molar-refractivity contribution < 1.29 is 53.5 Å². The summed E-state index contributed by atoms with van der Waals surface area (Å²) in [6.45, 7) is 2.37. The normalized spacial score (nSPS) is 25.6. The van der Waals surface area contributed by atoms with Crippen molar-refractivity contribution in [3.8, 4) is 0 Å². The highest BCUT2D eigenvalue weighted by molar-refractivity contribution is 5.73. The fourth-order valence-electron chi connectivity index (χ4n) is 3.53. The highest BCUT2D eigenvalue weighted by Gasteiger charge is 2.51. The summed E-state index contributed by atoms with van der Waals surface area (Å²) in [5.41, 5.74) is -0.945. The Labute approximate surface area is 182 Å². The number of ether oxygens (including phenoxy) is 4. The lowest BCUT2D eigenvalue weighted by Gasteiger charge is -2.25. The zero-order valence-corrected chi connectivity index (χ0v) is 17.6. The van der Waals surface area contributed by atoms with E-state index in [0.717, 1.165) is 0 Å². The summed E-state index contributed by atoms with van der Waals surface area (Å²) in [5.74, 6) is -1.68. The van der Waals surface area contributed by atoms with Crippen LogP contribution in [-0.2, 0) is 38.2 Å². The van der Waals surface area contributed by atoms with Crippen LogP contribution in [0.1, 0.15) is 26.7 Å². The molecule has 0 amide bonds. The second-order valence-corrected chi connectivity index (χ2v) is 8.07. The second kappa shape index (κ2) is 11.2. The number of carboxylic acid groups (broad SMARTS) is 1. The molecule has 2 rings (SSSR count). The van der Waals surface area contributed by atoms with Crippen LogP contribution in [0, 0.1) is 31.6 Å². The Morgan fingerprint density at radius 1 is 1.12 bits per heavy atom. The van der Waals surface area contributed by atoms with Gasteiger partial charge in [-0.15, -0.1) is 20.2 Å². The van der Waals surface area contributed by atoms with Gasteiger partial charge in [0.25, 0.3) is 10.2 Å². The van der Waals surface area contributed by atoms with Gasteiger partial charge in [-0.3, -0.25) is 9.59 Å². The summed E-state index contributed by atoms with van der Waals surface area (Å²) in [7, 11) is 0. The Kier molecular flexibility index (Phi) is 8.91. The molecule has 0 aromatic carbocycles. The number of hydrogen-bond donors (Lipinski definition) is 1. The van der Waals surface area contributed by atoms with E-state index in [4.69, 9.17) is 18.9 Å². The van der Waals surface area contributed by atoms with Crippen molar-refractivity contribution in [2.24, 2.45) is 11.3 Å². The second-order valence-electron chi connectivity index (χ2n) is 8.07. The predicted octanol–water partition coefficient (Wildman–Crippen LogP) is 0.00480. The molecule has 0 bridgehead atoms. The first-order valence-corrected chi connectivity index (χ1v) is 9.82. The smallest absolute Gasteiger partial charge is 0.309 e. The minimum absolute atomic E-state index is 0.114. The molecule has 2 aliphatic rings. The number of carboxylic acids is 1.